The molecule has 21 heavy (non-hydrogen) atoms. The second-order valence-corrected chi connectivity index (χ2v) is 4.29. The molecule has 116 valence electrons. The van der Waals surface area contributed by atoms with Gasteiger partial charge in [0.25, 0.3) is 5.91 Å². The van der Waals surface area contributed by atoms with E-state index < -0.39 is 0 Å². The normalized spacial score (nSPS) is 10.0. The summed E-state index contributed by atoms with van der Waals surface area (Å²) in [6.07, 6.45) is 0.225. The highest BCUT2D eigenvalue weighted by Gasteiger charge is 2.08. The Morgan fingerprint density at radius 3 is 2.76 bits per heavy atom. The number of hydrogen-bond acceptors (Lipinski definition) is 5. The first-order valence-electron chi connectivity index (χ1n) is 6.92. The van der Waals surface area contributed by atoms with E-state index in [1.54, 1.807) is 25.3 Å². The Hall–Kier alpha value is -2.15. The third-order valence-corrected chi connectivity index (χ3v) is 2.61. The molecule has 0 aliphatic rings. The molecule has 0 aliphatic heterocycles. The molecule has 0 spiro atoms. The molecule has 7 heteroatoms. The summed E-state index contributed by atoms with van der Waals surface area (Å²) in [5, 5.41) is 8.39. The fraction of sp³-hybridized carbons (Fsp3) is 0.500. The van der Waals surface area contributed by atoms with Crippen LogP contribution in [0.5, 0.6) is 0 Å². The van der Waals surface area contributed by atoms with Crippen LogP contribution in [0.15, 0.2) is 18.2 Å². The highest BCUT2D eigenvalue weighted by Crippen LogP contribution is 2.04. The lowest BCUT2D eigenvalue weighted by molar-refractivity contribution is -0.121. The SMILES string of the molecule is CCNc1cccc(C(=O)NCCC(=O)NCCOC)n1. The molecule has 0 atom stereocenters. The first-order chi connectivity index (χ1) is 10.2. The van der Waals surface area contributed by atoms with Crippen molar-refractivity contribution in [2.24, 2.45) is 0 Å². The van der Waals surface area contributed by atoms with Crippen molar-refractivity contribution in [2.45, 2.75) is 13.3 Å². The summed E-state index contributed by atoms with van der Waals surface area (Å²) in [5.74, 6) is 0.239. The summed E-state index contributed by atoms with van der Waals surface area (Å²) in [4.78, 5) is 27.5. The van der Waals surface area contributed by atoms with Gasteiger partial charge in [0.15, 0.2) is 0 Å². The molecule has 0 bridgehead atoms. The number of rotatable bonds is 9. The first kappa shape index (κ1) is 16.9. The van der Waals surface area contributed by atoms with Crippen molar-refractivity contribution in [2.75, 3.05) is 38.7 Å². The average molecular weight is 294 g/mol. The van der Waals surface area contributed by atoms with Gasteiger partial charge in [0.1, 0.15) is 11.5 Å². The fourth-order valence-corrected chi connectivity index (χ4v) is 1.60. The number of amides is 2. The van der Waals surface area contributed by atoms with Crippen molar-refractivity contribution >= 4 is 17.6 Å². The predicted octanol–water partition coefficient (Wildman–Crippen LogP) is 0.396. The van der Waals surface area contributed by atoms with Crippen LogP contribution in [-0.4, -0.2) is 50.1 Å². The van der Waals surface area contributed by atoms with E-state index in [4.69, 9.17) is 4.74 Å². The van der Waals surface area contributed by atoms with Crippen LogP contribution in [0, 0.1) is 0 Å². The number of methoxy groups -OCH3 is 1. The lowest BCUT2D eigenvalue weighted by atomic mass is 10.3. The van der Waals surface area contributed by atoms with Crippen LogP contribution >= 0.6 is 0 Å². The number of nitrogens with zero attached hydrogens (tertiary/aromatic N) is 1. The number of nitrogens with one attached hydrogen (secondary N) is 3. The molecule has 0 saturated heterocycles. The molecule has 2 amide bonds. The van der Waals surface area contributed by atoms with Crippen molar-refractivity contribution in [1.82, 2.24) is 15.6 Å². The Morgan fingerprint density at radius 2 is 2.05 bits per heavy atom. The second-order valence-electron chi connectivity index (χ2n) is 4.29. The summed E-state index contributed by atoms with van der Waals surface area (Å²) in [5.41, 5.74) is 0.327. The lowest BCUT2D eigenvalue weighted by Gasteiger charge is -2.07. The van der Waals surface area contributed by atoms with Gasteiger partial charge in [-0.1, -0.05) is 6.07 Å². The molecule has 1 aromatic rings. The largest absolute Gasteiger partial charge is 0.383 e. The van der Waals surface area contributed by atoms with Crippen LogP contribution in [0.25, 0.3) is 0 Å². The minimum atomic E-state index is -0.292. The van der Waals surface area contributed by atoms with Gasteiger partial charge in [-0.25, -0.2) is 4.98 Å². The minimum Gasteiger partial charge on any atom is -0.383 e. The third-order valence-electron chi connectivity index (χ3n) is 2.61. The number of carbonyl (C=O) groups is 2. The molecule has 0 aromatic carbocycles. The van der Waals surface area contributed by atoms with Crippen molar-refractivity contribution in [3.05, 3.63) is 23.9 Å². The van der Waals surface area contributed by atoms with Crippen LogP contribution < -0.4 is 16.0 Å². The molecular weight excluding hydrogens is 272 g/mol. The van der Waals surface area contributed by atoms with Crippen LogP contribution in [0.2, 0.25) is 0 Å². The van der Waals surface area contributed by atoms with Crippen molar-refractivity contribution < 1.29 is 14.3 Å². The maximum absolute atomic E-state index is 11.9. The second kappa shape index (κ2) is 9.71. The van der Waals surface area contributed by atoms with Crippen LogP contribution in [0.4, 0.5) is 5.82 Å². The van der Waals surface area contributed by atoms with Crippen molar-refractivity contribution in [1.29, 1.82) is 0 Å². The van der Waals surface area contributed by atoms with E-state index in [1.807, 2.05) is 6.92 Å². The van der Waals surface area contributed by atoms with Crippen molar-refractivity contribution in [3.63, 3.8) is 0 Å². The zero-order valence-corrected chi connectivity index (χ0v) is 12.4. The van der Waals surface area contributed by atoms with Crippen LogP contribution in [0.1, 0.15) is 23.8 Å². The Balaban J connectivity index is 2.33. The molecule has 1 heterocycles. The molecule has 0 radical (unpaired) electrons. The molecule has 3 N–H and O–H groups in total. The third kappa shape index (κ3) is 6.71. The van der Waals surface area contributed by atoms with E-state index in [-0.39, 0.29) is 24.8 Å². The Kier molecular flexibility index (Phi) is 7.81. The molecule has 7 nitrogen and oxygen atoms in total. The van der Waals surface area contributed by atoms with Gasteiger partial charge in [-0.15, -0.1) is 0 Å². The number of hydrogen-bond donors (Lipinski definition) is 3. The first-order valence-corrected chi connectivity index (χ1v) is 6.92. The fourth-order valence-electron chi connectivity index (χ4n) is 1.60. The standard InChI is InChI=1S/C14H22N4O3/c1-3-15-12-6-4-5-11(18-12)14(20)17-8-7-13(19)16-9-10-21-2/h4-6H,3,7-10H2,1-2H3,(H,15,18)(H,16,19)(H,17,20). The van der Waals surface area contributed by atoms with Gasteiger partial charge in [0, 0.05) is 33.2 Å². The molecule has 1 rings (SSSR count). The van der Waals surface area contributed by atoms with Gasteiger partial charge in [-0.3, -0.25) is 9.59 Å². The van der Waals surface area contributed by atoms with E-state index in [2.05, 4.69) is 20.9 Å². The van der Waals surface area contributed by atoms with Crippen LogP contribution in [0.3, 0.4) is 0 Å². The summed E-state index contributed by atoms with van der Waals surface area (Å²) >= 11 is 0. The highest BCUT2D eigenvalue weighted by molar-refractivity contribution is 5.92. The molecule has 0 fully saturated rings. The lowest BCUT2D eigenvalue weighted by Crippen LogP contribution is -2.32. The molecule has 0 unspecified atom stereocenters. The molecule has 0 aliphatic carbocycles. The average Bonchev–Trinajstić information content (AvgIpc) is 2.48. The van der Waals surface area contributed by atoms with Gasteiger partial charge in [-0.2, -0.15) is 0 Å². The van der Waals surface area contributed by atoms with Gasteiger partial charge in [-0.05, 0) is 19.1 Å². The number of aromatic nitrogens is 1. The highest BCUT2D eigenvalue weighted by atomic mass is 16.5. The zero-order chi connectivity index (χ0) is 15.5. The predicted molar refractivity (Wildman–Crippen MR) is 80.2 cm³/mol. The van der Waals surface area contributed by atoms with E-state index in [0.717, 1.165) is 6.54 Å². The number of pyridine rings is 1. The summed E-state index contributed by atoms with van der Waals surface area (Å²) in [7, 11) is 1.57. The van der Waals surface area contributed by atoms with E-state index in [0.29, 0.717) is 24.7 Å². The monoisotopic (exact) mass is 294 g/mol. The van der Waals surface area contributed by atoms with Gasteiger partial charge >= 0.3 is 0 Å². The maximum atomic E-state index is 11.9. The van der Waals surface area contributed by atoms with Gasteiger partial charge in [0.2, 0.25) is 5.91 Å². The summed E-state index contributed by atoms with van der Waals surface area (Å²) in [6.45, 7) is 3.90. The number of ether oxygens (including phenoxy) is 1. The molecule has 0 saturated carbocycles. The van der Waals surface area contributed by atoms with E-state index in [1.165, 1.54) is 0 Å². The number of anilines is 1. The molecule has 1 aromatic heterocycles. The van der Waals surface area contributed by atoms with Crippen LogP contribution in [-0.2, 0) is 9.53 Å². The minimum absolute atomic E-state index is 0.123. The van der Waals surface area contributed by atoms with E-state index in [9.17, 15) is 9.59 Å². The van der Waals surface area contributed by atoms with Crippen molar-refractivity contribution in [3.8, 4) is 0 Å². The summed E-state index contributed by atoms with van der Waals surface area (Å²) < 4.78 is 4.83. The Morgan fingerprint density at radius 1 is 1.24 bits per heavy atom. The van der Waals surface area contributed by atoms with Gasteiger partial charge < -0.3 is 20.7 Å². The van der Waals surface area contributed by atoms with E-state index >= 15 is 0 Å². The quantitative estimate of drug-likeness (QED) is 0.573. The maximum Gasteiger partial charge on any atom is 0.269 e. The Labute approximate surface area is 124 Å². The smallest absolute Gasteiger partial charge is 0.269 e. The van der Waals surface area contributed by atoms with Gasteiger partial charge in [0.05, 0.1) is 6.61 Å². The molecular formula is C14H22N4O3. The summed E-state index contributed by atoms with van der Waals surface area (Å²) in [6, 6.07) is 5.19. The topological polar surface area (TPSA) is 92.4 Å². The Bertz CT molecular complexity index is 465. The number of carbonyl (C=O) groups excluding carboxylic acids is 2. The zero-order valence-electron chi connectivity index (χ0n) is 12.4.